The Kier molecular flexibility index (Phi) is 8.66. The van der Waals surface area contributed by atoms with Gasteiger partial charge in [-0.3, -0.25) is 0 Å². The second-order valence-electron chi connectivity index (χ2n) is 7.89. The minimum atomic E-state index is -0.945. The van der Waals surface area contributed by atoms with E-state index in [-0.39, 0.29) is 13.2 Å². The highest BCUT2D eigenvalue weighted by Gasteiger charge is 2.38. The predicted octanol–water partition coefficient (Wildman–Crippen LogP) is 4.97. The Morgan fingerprint density at radius 1 is 0.818 bits per heavy atom. The van der Waals surface area contributed by atoms with Crippen molar-refractivity contribution in [3.63, 3.8) is 0 Å². The number of benzene rings is 3. The van der Waals surface area contributed by atoms with E-state index in [1.165, 1.54) is 0 Å². The molecule has 1 unspecified atom stereocenters. The van der Waals surface area contributed by atoms with Gasteiger partial charge in [0.25, 0.3) is 0 Å². The Morgan fingerprint density at radius 2 is 1.30 bits per heavy atom. The van der Waals surface area contributed by atoms with E-state index in [0.29, 0.717) is 6.61 Å². The first kappa shape index (κ1) is 24.5. The largest absolute Gasteiger partial charge is 0.497 e. The molecule has 0 aromatic heterocycles. The summed E-state index contributed by atoms with van der Waals surface area (Å²) in [5.74, 6) is 1.52. The molecule has 0 aliphatic carbocycles. The van der Waals surface area contributed by atoms with Crippen LogP contribution in [0.5, 0.6) is 11.5 Å². The molecule has 0 aliphatic rings. The van der Waals surface area contributed by atoms with Crippen molar-refractivity contribution in [3.05, 3.63) is 108 Å². The number of ether oxygens (including phenoxy) is 4. The molecule has 0 heterocycles. The van der Waals surface area contributed by atoms with Gasteiger partial charge in [0, 0.05) is 0 Å². The van der Waals surface area contributed by atoms with Crippen LogP contribution in [0.4, 0.5) is 0 Å². The lowest BCUT2D eigenvalue weighted by Crippen LogP contribution is -2.37. The van der Waals surface area contributed by atoms with Gasteiger partial charge < -0.3 is 24.1 Å². The monoisotopic (exact) mass is 448 g/mol. The topological polar surface area (TPSA) is 57.2 Å². The van der Waals surface area contributed by atoms with E-state index >= 15 is 0 Å². The van der Waals surface area contributed by atoms with E-state index in [9.17, 15) is 5.11 Å². The van der Waals surface area contributed by atoms with Crippen LogP contribution in [0.2, 0.25) is 0 Å². The number of methoxy groups -OCH3 is 2. The van der Waals surface area contributed by atoms with Crippen LogP contribution in [-0.2, 0) is 15.1 Å². The molecule has 0 spiro atoms. The van der Waals surface area contributed by atoms with Gasteiger partial charge in [0.05, 0.1) is 34.0 Å². The summed E-state index contributed by atoms with van der Waals surface area (Å²) in [5, 5.41) is 9.92. The van der Waals surface area contributed by atoms with Crippen molar-refractivity contribution in [1.82, 2.24) is 0 Å². The van der Waals surface area contributed by atoms with Gasteiger partial charge in [-0.05, 0) is 47.9 Å². The zero-order valence-electron chi connectivity index (χ0n) is 19.5. The summed E-state index contributed by atoms with van der Waals surface area (Å²) in [4.78, 5) is 0. The van der Waals surface area contributed by atoms with Crippen molar-refractivity contribution in [2.24, 2.45) is 0 Å². The molecule has 0 radical (unpaired) electrons. The molecule has 1 atom stereocenters. The number of rotatable bonds is 12. The Labute approximate surface area is 196 Å². The van der Waals surface area contributed by atoms with E-state index in [0.717, 1.165) is 33.8 Å². The van der Waals surface area contributed by atoms with Crippen molar-refractivity contribution in [2.75, 3.05) is 34.0 Å². The van der Waals surface area contributed by atoms with Crippen LogP contribution in [0.25, 0.3) is 0 Å². The molecular formula is C28H32O5. The smallest absolute Gasteiger partial charge is 0.143 e. The molecule has 0 amide bonds. The summed E-state index contributed by atoms with van der Waals surface area (Å²) in [6, 6.07) is 25.7. The van der Waals surface area contributed by atoms with Crippen LogP contribution in [0.3, 0.4) is 0 Å². The molecule has 3 aromatic rings. The lowest BCUT2D eigenvalue weighted by Gasteiger charge is -2.37. The van der Waals surface area contributed by atoms with E-state index in [1.807, 2.05) is 85.8 Å². The third-order valence-electron chi connectivity index (χ3n) is 5.43. The maximum Gasteiger partial charge on any atom is 0.143 e. The molecular weight excluding hydrogens is 416 g/mol. The molecule has 174 valence electrons. The molecule has 5 nitrogen and oxygen atoms in total. The molecule has 0 fully saturated rings. The van der Waals surface area contributed by atoms with Gasteiger partial charge >= 0.3 is 0 Å². The molecule has 33 heavy (non-hydrogen) atoms. The van der Waals surface area contributed by atoms with Crippen molar-refractivity contribution < 1.29 is 24.1 Å². The second kappa shape index (κ2) is 11.7. The highest BCUT2D eigenvalue weighted by atomic mass is 16.5. The van der Waals surface area contributed by atoms with Gasteiger partial charge in [-0.2, -0.15) is 0 Å². The number of hydrogen-bond acceptors (Lipinski definition) is 5. The fraction of sp³-hybridized carbons (Fsp3) is 0.286. The summed E-state index contributed by atoms with van der Waals surface area (Å²) < 4.78 is 23.3. The fourth-order valence-corrected chi connectivity index (χ4v) is 3.71. The molecule has 0 bridgehead atoms. The van der Waals surface area contributed by atoms with Crippen molar-refractivity contribution in [1.29, 1.82) is 0 Å². The van der Waals surface area contributed by atoms with Crippen LogP contribution in [0.1, 0.15) is 23.6 Å². The van der Waals surface area contributed by atoms with Gasteiger partial charge in [0.15, 0.2) is 0 Å². The molecule has 0 saturated carbocycles. The lowest BCUT2D eigenvalue weighted by atomic mass is 9.80. The summed E-state index contributed by atoms with van der Waals surface area (Å²) in [6.45, 7) is 6.13. The second-order valence-corrected chi connectivity index (χ2v) is 7.89. The zero-order chi connectivity index (χ0) is 23.7. The Hall–Kier alpha value is -3.12. The molecule has 5 heteroatoms. The van der Waals surface area contributed by atoms with Gasteiger partial charge in [0.2, 0.25) is 0 Å². The highest BCUT2D eigenvalue weighted by molar-refractivity contribution is 5.49. The number of aliphatic hydroxyl groups is 1. The van der Waals surface area contributed by atoms with Crippen LogP contribution in [0, 0.1) is 0 Å². The molecule has 0 aliphatic heterocycles. The molecule has 1 N–H and O–H groups in total. The number of aliphatic hydroxyl groups excluding tert-OH is 1. The quantitative estimate of drug-likeness (QED) is 0.313. The van der Waals surface area contributed by atoms with E-state index < -0.39 is 11.7 Å². The number of hydrogen-bond donors (Lipinski definition) is 1. The van der Waals surface area contributed by atoms with Crippen molar-refractivity contribution in [2.45, 2.75) is 18.6 Å². The van der Waals surface area contributed by atoms with Crippen molar-refractivity contribution in [3.8, 4) is 11.5 Å². The maximum atomic E-state index is 9.92. The maximum absolute atomic E-state index is 9.92. The van der Waals surface area contributed by atoms with Crippen LogP contribution in [-0.4, -0.2) is 45.3 Å². The predicted molar refractivity (Wildman–Crippen MR) is 130 cm³/mol. The standard InChI is InChI=1S/C28H32O5/c1-21(2)19-32-27(18-29)20-33-28(22-8-6-5-7-9-22,23-10-14-25(30-3)15-11-23)24-12-16-26(31-4)17-13-24/h5-17,27,29H,1,18-20H2,2-4H3. The Bertz CT molecular complexity index is 949. The summed E-state index contributed by atoms with van der Waals surface area (Å²) in [5.41, 5.74) is 2.75. The average molecular weight is 449 g/mol. The Morgan fingerprint density at radius 3 is 1.73 bits per heavy atom. The highest BCUT2D eigenvalue weighted by Crippen LogP contribution is 2.41. The van der Waals surface area contributed by atoms with Gasteiger partial charge in [-0.1, -0.05) is 66.7 Å². The minimum Gasteiger partial charge on any atom is -0.497 e. The zero-order valence-corrected chi connectivity index (χ0v) is 19.5. The van der Waals surface area contributed by atoms with Crippen LogP contribution >= 0.6 is 0 Å². The normalized spacial score (nSPS) is 12.2. The van der Waals surface area contributed by atoms with Gasteiger partial charge in [-0.25, -0.2) is 0 Å². The third-order valence-corrected chi connectivity index (χ3v) is 5.43. The summed E-state index contributed by atoms with van der Waals surface area (Å²) in [6.07, 6.45) is -0.499. The first-order valence-electron chi connectivity index (χ1n) is 10.9. The first-order valence-corrected chi connectivity index (χ1v) is 10.9. The Balaban J connectivity index is 2.12. The van der Waals surface area contributed by atoms with E-state index in [1.54, 1.807) is 14.2 Å². The van der Waals surface area contributed by atoms with E-state index in [4.69, 9.17) is 18.9 Å². The van der Waals surface area contributed by atoms with Crippen molar-refractivity contribution >= 4 is 0 Å². The van der Waals surface area contributed by atoms with Gasteiger partial charge in [-0.15, -0.1) is 0 Å². The lowest BCUT2D eigenvalue weighted by molar-refractivity contribution is -0.0759. The van der Waals surface area contributed by atoms with E-state index in [2.05, 4.69) is 6.58 Å². The van der Waals surface area contributed by atoms with Crippen LogP contribution < -0.4 is 9.47 Å². The molecule has 3 aromatic carbocycles. The van der Waals surface area contributed by atoms with Crippen LogP contribution in [0.15, 0.2) is 91.0 Å². The summed E-state index contributed by atoms with van der Waals surface area (Å²) in [7, 11) is 3.29. The minimum absolute atomic E-state index is 0.163. The summed E-state index contributed by atoms with van der Waals surface area (Å²) >= 11 is 0. The first-order chi connectivity index (χ1) is 16.0. The fourth-order valence-electron chi connectivity index (χ4n) is 3.71. The third kappa shape index (κ3) is 5.82. The average Bonchev–Trinajstić information content (AvgIpc) is 2.87. The molecule has 3 rings (SSSR count). The SMILES string of the molecule is C=C(C)COC(CO)COC(c1ccccc1)(c1ccc(OC)cc1)c1ccc(OC)cc1. The molecule has 0 saturated heterocycles. The van der Waals surface area contributed by atoms with Gasteiger partial charge in [0.1, 0.15) is 23.2 Å².